The first-order valence-electron chi connectivity index (χ1n) is 27.2. The number of nitrogens with one attached hydrogen (secondary N) is 1. The zero-order chi connectivity index (χ0) is 45.1. The molecule has 0 aromatic rings. The minimum atomic E-state index is -0.699. The predicted molar refractivity (Wildman–Crippen MR) is 269 cm³/mol. The Morgan fingerprint density at radius 3 is 1.27 bits per heavy atom. The average Bonchev–Trinajstić information content (AvgIpc) is 3.27. The smallest absolute Gasteiger partial charge is 0.305 e. The SMILES string of the molecule is CCCCCCCCC/C=C\CCCCCCCC(=O)OCCCCCCCC/C=C\C/C=C\CCC(=O)NC(CO)C(O)CCCCCCCCCCCCCCCCCC. The van der Waals surface area contributed by atoms with Crippen molar-refractivity contribution in [3.8, 4) is 0 Å². The lowest BCUT2D eigenvalue weighted by Gasteiger charge is -2.22. The monoisotopic (exact) mass is 872 g/mol. The summed E-state index contributed by atoms with van der Waals surface area (Å²) in [4.78, 5) is 24.5. The molecule has 0 bridgehead atoms. The quantitative estimate of drug-likeness (QED) is 0.0321. The molecule has 2 unspecified atom stereocenters. The number of aliphatic hydroxyl groups is 2. The third-order valence-corrected chi connectivity index (χ3v) is 12.4. The molecule has 364 valence electrons. The van der Waals surface area contributed by atoms with E-state index < -0.39 is 12.1 Å². The van der Waals surface area contributed by atoms with Crippen LogP contribution >= 0.6 is 0 Å². The fourth-order valence-corrected chi connectivity index (χ4v) is 8.21. The molecule has 0 aliphatic heterocycles. The summed E-state index contributed by atoms with van der Waals surface area (Å²) < 4.78 is 5.45. The van der Waals surface area contributed by atoms with Crippen molar-refractivity contribution < 1.29 is 24.5 Å². The molecule has 0 fully saturated rings. The fourth-order valence-electron chi connectivity index (χ4n) is 8.21. The number of carbonyl (C=O) groups is 2. The number of hydrogen-bond acceptors (Lipinski definition) is 5. The predicted octanol–water partition coefficient (Wildman–Crippen LogP) is 16.5. The highest BCUT2D eigenvalue weighted by molar-refractivity contribution is 5.76. The van der Waals surface area contributed by atoms with Crippen LogP contribution in [0.2, 0.25) is 0 Å². The van der Waals surface area contributed by atoms with Gasteiger partial charge in [0.15, 0.2) is 0 Å². The highest BCUT2D eigenvalue weighted by atomic mass is 16.5. The largest absolute Gasteiger partial charge is 0.466 e. The van der Waals surface area contributed by atoms with Gasteiger partial charge in [0.05, 0.1) is 25.4 Å². The second-order valence-corrected chi connectivity index (χ2v) is 18.6. The van der Waals surface area contributed by atoms with Gasteiger partial charge in [-0.2, -0.15) is 0 Å². The molecule has 6 heteroatoms. The van der Waals surface area contributed by atoms with Crippen molar-refractivity contribution in [2.45, 2.75) is 296 Å². The number of rotatable bonds is 50. The first kappa shape index (κ1) is 60.1. The van der Waals surface area contributed by atoms with Crippen molar-refractivity contribution in [1.29, 1.82) is 0 Å². The van der Waals surface area contributed by atoms with Crippen molar-refractivity contribution in [2.75, 3.05) is 13.2 Å². The highest BCUT2D eigenvalue weighted by Gasteiger charge is 2.19. The van der Waals surface area contributed by atoms with Crippen LogP contribution < -0.4 is 5.32 Å². The molecule has 0 saturated heterocycles. The molecular weight excluding hydrogens is 767 g/mol. The summed E-state index contributed by atoms with van der Waals surface area (Å²) in [7, 11) is 0. The second-order valence-electron chi connectivity index (χ2n) is 18.6. The van der Waals surface area contributed by atoms with Gasteiger partial charge in [-0.1, -0.05) is 237 Å². The molecule has 3 N–H and O–H groups in total. The lowest BCUT2D eigenvalue weighted by molar-refractivity contribution is -0.143. The van der Waals surface area contributed by atoms with Crippen LogP contribution in [-0.2, 0) is 14.3 Å². The summed E-state index contributed by atoms with van der Waals surface area (Å²) in [6.45, 7) is 4.89. The third-order valence-electron chi connectivity index (χ3n) is 12.4. The molecule has 0 aromatic heterocycles. The molecule has 0 heterocycles. The van der Waals surface area contributed by atoms with E-state index in [-0.39, 0.29) is 18.5 Å². The van der Waals surface area contributed by atoms with Crippen LogP contribution in [0.15, 0.2) is 36.5 Å². The molecule has 0 aromatic carbocycles. The van der Waals surface area contributed by atoms with E-state index in [1.54, 1.807) is 0 Å². The summed E-state index contributed by atoms with van der Waals surface area (Å²) in [5.41, 5.74) is 0. The molecule has 0 radical (unpaired) electrons. The van der Waals surface area contributed by atoms with Crippen LogP contribution in [0.1, 0.15) is 284 Å². The van der Waals surface area contributed by atoms with E-state index in [1.807, 2.05) is 6.08 Å². The van der Waals surface area contributed by atoms with Crippen molar-refractivity contribution in [1.82, 2.24) is 5.32 Å². The van der Waals surface area contributed by atoms with Gasteiger partial charge in [0.25, 0.3) is 0 Å². The van der Waals surface area contributed by atoms with Crippen LogP contribution in [0, 0.1) is 0 Å². The van der Waals surface area contributed by atoms with Gasteiger partial charge in [-0.25, -0.2) is 0 Å². The number of allylic oxidation sites excluding steroid dienone is 6. The van der Waals surface area contributed by atoms with Gasteiger partial charge in [0, 0.05) is 12.8 Å². The molecule has 1 amide bonds. The molecule has 0 rings (SSSR count). The van der Waals surface area contributed by atoms with E-state index in [0.29, 0.717) is 32.3 Å². The van der Waals surface area contributed by atoms with Crippen LogP contribution in [-0.4, -0.2) is 47.4 Å². The second kappa shape index (κ2) is 51.7. The van der Waals surface area contributed by atoms with Gasteiger partial charge in [-0.15, -0.1) is 0 Å². The molecular formula is C56H105NO5. The van der Waals surface area contributed by atoms with Gasteiger partial charge >= 0.3 is 5.97 Å². The maximum Gasteiger partial charge on any atom is 0.305 e. The van der Waals surface area contributed by atoms with Crippen molar-refractivity contribution in [2.24, 2.45) is 0 Å². The van der Waals surface area contributed by atoms with E-state index in [1.165, 1.54) is 193 Å². The standard InChI is InChI=1S/C56H105NO5/c1-3-5-7-9-11-13-15-17-19-21-24-28-32-36-40-44-48-54(59)53(52-58)57-55(60)49-45-41-37-33-29-25-23-27-31-35-39-43-47-51-62-56(61)50-46-42-38-34-30-26-22-20-18-16-14-12-10-8-6-4-2/h20,22,25,29,37,41,53-54,58-59H,3-19,21,23-24,26-28,30-36,38-40,42-52H2,1-2H3,(H,57,60)/b22-20-,29-25-,41-37-. The van der Waals surface area contributed by atoms with Gasteiger partial charge in [-0.05, 0) is 70.6 Å². The molecule has 0 spiro atoms. The Morgan fingerprint density at radius 2 is 0.823 bits per heavy atom. The molecule has 2 atom stereocenters. The van der Waals surface area contributed by atoms with Crippen molar-refractivity contribution >= 4 is 11.9 Å². The van der Waals surface area contributed by atoms with Crippen LogP contribution in [0.5, 0.6) is 0 Å². The Labute approximate surface area is 385 Å². The Kier molecular flexibility index (Phi) is 50.1. The fraction of sp³-hybridized carbons (Fsp3) is 0.857. The van der Waals surface area contributed by atoms with Gasteiger partial charge < -0.3 is 20.3 Å². The first-order valence-corrected chi connectivity index (χ1v) is 27.2. The average molecular weight is 872 g/mol. The molecule has 0 aliphatic rings. The number of carbonyl (C=O) groups excluding carboxylic acids is 2. The Balaban J connectivity index is 3.55. The molecule has 6 nitrogen and oxygen atoms in total. The number of unbranched alkanes of at least 4 members (excludes halogenated alkanes) is 33. The molecule has 0 saturated carbocycles. The van der Waals surface area contributed by atoms with E-state index >= 15 is 0 Å². The Bertz CT molecular complexity index is 1010. The number of ether oxygens (including phenoxy) is 1. The summed E-state index contributed by atoms with van der Waals surface area (Å²) in [6, 6.07) is -0.586. The van der Waals surface area contributed by atoms with Gasteiger partial charge in [0.1, 0.15) is 0 Å². The van der Waals surface area contributed by atoms with Gasteiger partial charge in [0.2, 0.25) is 5.91 Å². The summed E-state index contributed by atoms with van der Waals surface area (Å²) in [5.74, 6) is -0.140. The zero-order valence-corrected chi connectivity index (χ0v) is 41.4. The normalized spacial score (nSPS) is 12.9. The Morgan fingerprint density at radius 1 is 0.452 bits per heavy atom. The highest BCUT2D eigenvalue weighted by Crippen LogP contribution is 2.16. The summed E-state index contributed by atoms with van der Waals surface area (Å²) in [5, 5.41) is 23.2. The zero-order valence-electron chi connectivity index (χ0n) is 41.4. The van der Waals surface area contributed by atoms with E-state index in [9.17, 15) is 19.8 Å². The number of esters is 1. The van der Waals surface area contributed by atoms with Crippen LogP contribution in [0.4, 0.5) is 0 Å². The minimum absolute atomic E-state index is 0.0245. The van der Waals surface area contributed by atoms with Crippen LogP contribution in [0.3, 0.4) is 0 Å². The third kappa shape index (κ3) is 47.6. The van der Waals surface area contributed by atoms with E-state index in [4.69, 9.17) is 4.74 Å². The maximum absolute atomic E-state index is 12.4. The maximum atomic E-state index is 12.4. The van der Waals surface area contributed by atoms with E-state index in [2.05, 4.69) is 49.5 Å². The van der Waals surface area contributed by atoms with Crippen molar-refractivity contribution in [3.05, 3.63) is 36.5 Å². The topological polar surface area (TPSA) is 95.9 Å². The molecule has 0 aliphatic carbocycles. The van der Waals surface area contributed by atoms with Crippen molar-refractivity contribution in [3.63, 3.8) is 0 Å². The lowest BCUT2D eigenvalue weighted by Crippen LogP contribution is -2.45. The number of hydrogen-bond donors (Lipinski definition) is 3. The van der Waals surface area contributed by atoms with Gasteiger partial charge in [-0.3, -0.25) is 9.59 Å². The number of amides is 1. The number of aliphatic hydroxyl groups excluding tert-OH is 2. The Hall–Kier alpha value is -1.92. The summed E-state index contributed by atoms with van der Waals surface area (Å²) >= 11 is 0. The summed E-state index contributed by atoms with van der Waals surface area (Å²) in [6.07, 6.45) is 62.7. The van der Waals surface area contributed by atoms with Crippen LogP contribution in [0.25, 0.3) is 0 Å². The minimum Gasteiger partial charge on any atom is -0.466 e. The first-order chi connectivity index (χ1) is 30.5. The van der Waals surface area contributed by atoms with E-state index in [0.717, 1.165) is 51.4 Å². The molecule has 62 heavy (non-hydrogen) atoms. The lowest BCUT2D eigenvalue weighted by atomic mass is 10.0.